The van der Waals surface area contributed by atoms with Crippen LogP contribution in [0.2, 0.25) is 10.2 Å². The van der Waals surface area contributed by atoms with Gasteiger partial charge in [0.1, 0.15) is 11.6 Å². The fraction of sp³-hybridized carbons (Fsp3) is 0.471. The Kier molecular flexibility index (Phi) is 6.75. The molecule has 23 heavy (non-hydrogen) atoms. The highest BCUT2D eigenvalue weighted by Crippen LogP contribution is 2.26. The molecular weight excluding hydrogens is 335 g/mol. The molecule has 0 spiro atoms. The SMILES string of the molecule is CCCCCOc1ccc(Cn2c(C)nc(Cl)c2CO)c(Cl)c1. The molecule has 126 valence electrons. The van der Waals surface area contributed by atoms with Gasteiger partial charge in [-0.15, -0.1) is 0 Å². The van der Waals surface area contributed by atoms with Gasteiger partial charge in [0.25, 0.3) is 0 Å². The summed E-state index contributed by atoms with van der Waals surface area (Å²) in [4.78, 5) is 4.18. The van der Waals surface area contributed by atoms with Gasteiger partial charge in [-0.25, -0.2) is 4.98 Å². The normalized spacial score (nSPS) is 11.0. The standard InChI is InChI=1S/C17H22Cl2N2O2/c1-3-4-5-8-23-14-7-6-13(15(18)9-14)10-21-12(2)20-17(19)16(21)11-22/h6-7,9,22H,3-5,8,10-11H2,1-2H3. The highest BCUT2D eigenvalue weighted by atomic mass is 35.5. The Labute approximate surface area is 147 Å². The first-order valence-corrected chi connectivity index (χ1v) is 8.56. The molecule has 0 aliphatic rings. The van der Waals surface area contributed by atoms with Crippen molar-refractivity contribution in [3.05, 3.63) is 45.5 Å². The molecule has 0 fully saturated rings. The smallest absolute Gasteiger partial charge is 0.152 e. The van der Waals surface area contributed by atoms with E-state index in [1.54, 1.807) is 0 Å². The summed E-state index contributed by atoms with van der Waals surface area (Å²) in [5.74, 6) is 1.52. The molecule has 0 saturated carbocycles. The van der Waals surface area contributed by atoms with Gasteiger partial charge in [-0.3, -0.25) is 0 Å². The number of nitrogens with zero attached hydrogens (tertiary/aromatic N) is 2. The van der Waals surface area contributed by atoms with Gasteiger partial charge in [-0.1, -0.05) is 49.0 Å². The quantitative estimate of drug-likeness (QED) is 0.702. The topological polar surface area (TPSA) is 47.3 Å². The van der Waals surface area contributed by atoms with Crippen molar-refractivity contribution in [2.24, 2.45) is 0 Å². The van der Waals surface area contributed by atoms with Crippen LogP contribution in [0.1, 0.15) is 43.3 Å². The van der Waals surface area contributed by atoms with Crippen LogP contribution >= 0.6 is 23.2 Å². The summed E-state index contributed by atoms with van der Waals surface area (Å²) in [7, 11) is 0. The van der Waals surface area contributed by atoms with Crippen LogP contribution in [0.3, 0.4) is 0 Å². The summed E-state index contributed by atoms with van der Waals surface area (Å²) in [6, 6.07) is 5.68. The van der Waals surface area contributed by atoms with E-state index >= 15 is 0 Å². The van der Waals surface area contributed by atoms with Crippen molar-refractivity contribution in [3.63, 3.8) is 0 Å². The zero-order chi connectivity index (χ0) is 16.8. The Morgan fingerprint density at radius 2 is 2.04 bits per heavy atom. The minimum atomic E-state index is -0.157. The average Bonchev–Trinajstić information content (AvgIpc) is 2.79. The first-order chi connectivity index (χ1) is 11.1. The second kappa shape index (κ2) is 8.57. The molecule has 2 rings (SSSR count). The Balaban J connectivity index is 2.10. The van der Waals surface area contributed by atoms with Crippen molar-refractivity contribution in [2.45, 2.75) is 46.3 Å². The van der Waals surface area contributed by atoms with Crippen LogP contribution < -0.4 is 4.74 Å². The Hall–Kier alpha value is -1.23. The molecule has 0 amide bonds. The minimum absolute atomic E-state index is 0.157. The Bertz CT molecular complexity index is 656. The fourth-order valence-electron chi connectivity index (χ4n) is 2.39. The van der Waals surface area contributed by atoms with E-state index in [-0.39, 0.29) is 6.61 Å². The molecule has 2 aromatic rings. The second-order valence-corrected chi connectivity index (χ2v) is 6.21. The van der Waals surface area contributed by atoms with Crippen molar-refractivity contribution < 1.29 is 9.84 Å². The minimum Gasteiger partial charge on any atom is -0.494 e. The fourth-order valence-corrected chi connectivity index (χ4v) is 2.91. The maximum absolute atomic E-state index is 9.45. The third-order valence-corrected chi connectivity index (χ3v) is 4.39. The van der Waals surface area contributed by atoms with Crippen molar-refractivity contribution in [1.29, 1.82) is 0 Å². The molecule has 0 bridgehead atoms. The van der Waals surface area contributed by atoms with Gasteiger partial charge in [0.2, 0.25) is 0 Å². The molecule has 0 saturated heterocycles. The van der Waals surface area contributed by atoms with Crippen molar-refractivity contribution in [1.82, 2.24) is 9.55 Å². The zero-order valence-corrected chi connectivity index (χ0v) is 15.0. The lowest BCUT2D eigenvalue weighted by atomic mass is 10.2. The number of imidazole rings is 1. The first-order valence-electron chi connectivity index (χ1n) is 7.80. The van der Waals surface area contributed by atoms with Gasteiger partial charge in [0.15, 0.2) is 5.15 Å². The third kappa shape index (κ3) is 4.63. The predicted octanol–water partition coefficient (Wildman–Crippen LogP) is 4.61. The molecule has 6 heteroatoms. The monoisotopic (exact) mass is 356 g/mol. The van der Waals surface area contributed by atoms with Crippen LogP contribution in [-0.4, -0.2) is 21.3 Å². The number of aliphatic hydroxyl groups is 1. The van der Waals surface area contributed by atoms with Crippen LogP contribution in [0.15, 0.2) is 18.2 Å². The number of hydrogen-bond acceptors (Lipinski definition) is 3. The molecule has 1 N–H and O–H groups in total. The number of unbranched alkanes of at least 4 members (excludes halogenated alkanes) is 2. The molecule has 0 atom stereocenters. The number of halogens is 2. The number of hydrogen-bond donors (Lipinski definition) is 1. The second-order valence-electron chi connectivity index (χ2n) is 5.45. The maximum atomic E-state index is 9.45. The molecule has 0 radical (unpaired) electrons. The van der Waals surface area contributed by atoms with Crippen molar-refractivity contribution >= 4 is 23.2 Å². The molecule has 1 aromatic heterocycles. The van der Waals surface area contributed by atoms with E-state index in [4.69, 9.17) is 27.9 Å². The number of rotatable bonds is 8. The zero-order valence-electron chi connectivity index (χ0n) is 13.5. The van der Waals surface area contributed by atoms with E-state index in [0.29, 0.717) is 29.0 Å². The summed E-state index contributed by atoms with van der Waals surface area (Å²) in [5.41, 5.74) is 1.53. The van der Waals surface area contributed by atoms with E-state index in [2.05, 4.69) is 11.9 Å². The van der Waals surface area contributed by atoms with Crippen LogP contribution in [0.5, 0.6) is 5.75 Å². The van der Waals surface area contributed by atoms with E-state index < -0.39 is 0 Å². The lowest BCUT2D eigenvalue weighted by molar-refractivity contribution is 0.271. The van der Waals surface area contributed by atoms with Crippen LogP contribution in [0, 0.1) is 6.92 Å². The Morgan fingerprint density at radius 1 is 1.26 bits per heavy atom. The summed E-state index contributed by atoms with van der Waals surface area (Å²) < 4.78 is 7.57. The lowest BCUT2D eigenvalue weighted by Gasteiger charge is -2.12. The first kappa shape index (κ1) is 18.1. The van der Waals surface area contributed by atoms with E-state index in [1.165, 1.54) is 6.42 Å². The largest absolute Gasteiger partial charge is 0.494 e. The van der Waals surface area contributed by atoms with Crippen molar-refractivity contribution in [2.75, 3.05) is 6.61 Å². The van der Waals surface area contributed by atoms with E-state index in [1.807, 2.05) is 29.7 Å². The predicted molar refractivity (Wildman–Crippen MR) is 93.5 cm³/mol. The average molecular weight is 357 g/mol. The Morgan fingerprint density at radius 3 is 2.70 bits per heavy atom. The highest BCUT2D eigenvalue weighted by molar-refractivity contribution is 6.31. The molecule has 1 heterocycles. The number of aryl methyl sites for hydroxylation is 1. The molecule has 0 aliphatic carbocycles. The molecule has 0 unspecified atom stereocenters. The third-order valence-electron chi connectivity index (χ3n) is 3.73. The van der Waals surface area contributed by atoms with Crippen molar-refractivity contribution in [3.8, 4) is 5.75 Å². The molecule has 1 aromatic carbocycles. The molecular formula is C17H22Cl2N2O2. The lowest BCUT2D eigenvalue weighted by Crippen LogP contribution is -2.07. The molecule has 4 nitrogen and oxygen atoms in total. The molecule has 0 aliphatic heterocycles. The highest BCUT2D eigenvalue weighted by Gasteiger charge is 2.14. The van der Waals surface area contributed by atoms with Gasteiger partial charge in [0, 0.05) is 5.02 Å². The summed E-state index contributed by atoms with van der Waals surface area (Å²) in [5, 5.41) is 10.4. The van der Waals surface area contributed by atoms with Gasteiger partial charge in [-0.2, -0.15) is 0 Å². The summed E-state index contributed by atoms with van der Waals surface area (Å²) >= 11 is 12.4. The van der Waals surface area contributed by atoms with Gasteiger partial charge in [0.05, 0.1) is 25.5 Å². The van der Waals surface area contributed by atoms with E-state index in [9.17, 15) is 5.11 Å². The van der Waals surface area contributed by atoms with Crippen LogP contribution in [-0.2, 0) is 13.2 Å². The number of aromatic nitrogens is 2. The van der Waals surface area contributed by atoms with Gasteiger partial charge in [-0.05, 0) is 31.0 Å². The van der Waals surface area contributed by atoms with Crippen LogP contribution in [0.4, 0.5) is 0 Å². The summed E-state index contributed by atoms with van der Waals surface area (Å²) in [6.07, 6.45) is 3.38. The maximum Gasteiger partial charge on any atom is 0.152 e. The van der Waals surface area contributed by atoms with Gasteiger partial charge >= 0.3 is 0 Å². The van der Waals surface area contributed by atoms with Crippen LogP contribution in [0.25, 0.3) is 0 Å². The number of benzene rings is 1. The summed E-state index contributed by atoms with van der Waals surface area (Å²) in [6.45, 7) is 5.07. The van der Waals surface area contributed by atoms with Gasteiger partial charge < -0.3 is 14.4 Å². The number of ether oxygens (including phenoxy) is 1. The number of aliphatic hydroxyl groups excluding tert-OH is 1. The van der Waals surface area contributed by atoms with E-state index in [0.717, 1.165) is 30.0 Å².